The van der Waals surface area contributed by atoms with Gasteiger partial charge in [-0.15, -0.1) is 0 Å². The number of hydrogen-bond donors (Lipinski definition) is 0. The van der Waals surface area contributed by atoms with Crippen molar-refractivity contribution in [2.24, 2.45) is 11.8 Å². The molecule has 1 aromatic rings. The highest BCUT2D eigenvalue weighted by Gasteiger charge is 2.37. The van der Waals surface area contributed by atoms with Gasteiger partial charge in [0.15, 0.2) is 0 Å². The van der Waals surface area contributed by atoms with Crippen molar-refractivity contribution in [2.75, 3.05) is 52.6 Å². The Labute approximate surface area is 192 Å². The maximum atomic E-state index is 13.1. The van der Waals surface area contributed by atoms with Crippen molar-refractivity contribution in [1.82, 2.24) is 9.80 Å². The highest BCUT2D eigenvalue weighted by molar-refractivity contribution is 9.10. The van der Waals surface area contributed by atoms with Crippen molar-refractivity contribution < 1.29 is 23.8 Å². The molecule has 3 saturated heterocycles. The molecule has 4 rings (SSSR count). The number of likely N-dealkylation sites (tertiary alicyclic amines) is 1. The third-order valence-electron chi connectivity index (χ3n) is 6.43. The normalized spacial score (nSPS) is 25.3. The summed E-state index contributed by atoms with van der Waals surface area (Å²) in [5.41, 5.74) is 0. The van der Waals surface area contributed by atoms with Crippen molar-refractivity contribution in [3.8, 4) is 5.75 Å². The average molecular weight is 495 g/mol. The maximum absolute atomic E-state index is 13.1. The number of carbonyl (C=O) groups excluding carboxylic acids is 2. The molecular weight excluding hydrogens is 464 g/mol. The average Bonchev–Trinajstić information content (AvgIpc) is 2.81. The van der Waals surface area contributed by atoms with Gasteiger partial charge in [0.05, 0.1) is 13.2 Å². The lowest BCUT2D eigenvalue weighted by Gasteiger charge is -2.40. The van der Waals surface area contributed by atoms with Crippen LogP contribution in [-0.2, 0) is 19.1 Å². The number of rotatable bonds is 5. The Kier molecular flexibility index (Phi) is 7.85. The summed E-state index contributed by atoms with van der Waals surface area (Å²) in [6.45, 7) is 4.96. The summed E-state index contributed by atoms with van der Waals surface area (Å²) < 4.78 is 18.1. The molecule has 0 saturated carbocycles. The first-order valence-corrected chi connectivity index (χ1v) is 12.0. The van der Waals surface area contributed by atoms with Gasteiger partial charge in [0.1, 0.15) is 11.9 Å². The number of ether oxygens (including phenoxy) is 3. The molecule has 2 atom stereocenters. The molecule has 3 heterocycles. The number of hydrogen-bond acceptors (Lipinski definition) is 5. The van der Waals surface area contributed by atoms with Gasteiger partial charge in [-0.1, -0.05) is 22.0 Å². The van der Waals surface area contributed by atoms with Gasteiger partial charge in [0, 0.05) is 68.5 Å². The van der Waals surface area contributed by atoms with Gasteiger partial charge in [-0.05, 0) is 31.0 Å². The highest BCUT2D eigenvalue weighted by Crippen LogP contribution is 2.29. The van der Waals surface area contributed by atoms with E-state index in [2.05, 4.69) is 15.9 Å². The number of piperidine rings is 1. The van der Waals surface area contributed by atoms with Crippen molar-refractivity contribution in [2.45, 2.75) is 31.8 Å². The van der Waals surface area contributed by atoms with E-state index in [-0.39, 0.29) is 29.8 Å². The Balaban J connectivity index is 1.44. The zero-order valence-corrected chi connectivity index (χ0v) is 19.4. The maximum Gasteiger partial charge on any atom is 0.225 e. The van der Waals surface area contributed by atoms with Crippen LogP contribution in [0.3, 0.4) is 0 Å². The second kappa shape index (κ2) is 10.8. The van der Waals surface area contributed by atoms with E-state index in [0.29, 0.717) is 59.0 Å². The number of morpholine rings is 1. The predicted molar refractivity (Wildman–Crippen MR) is 119 cm³/mol. The highest BCUT2D eigenvalue weighted by atomic mass is 79.9. The van der Waals surface area contributed by atoms with Gasteiger partial charge in [0.2, 0.25) is 11.8 Å². The van der Waals surface area contributed by atoms with Gasteiger partial charge in [0.25, 0.3) is 0 Å². The van der Waals surface area contributed by atoms with E-state index in [4.69, 9.17) is 14.2 Å². The van der Waals surface area contributed by atoms with Gasteiger partial charge in [-0.3, -0.25) is 9.59 Å². The van der Waals surface area contributed by atoms with Crippen LogP contribution in [0.2, 0.25) is 0 Å². The molecule has 0 N–H and O–H groups in total. The smallest absolute Gasteiger partial charge is 0.225 e. The number of nitrogens with zero attached hydrogens (tertiary/aromatic N) is 2. The van der Waals surface area contributed by atoms with E-state index in [1.807, 2.05) is 34.1 Å². The topological polar surface area (TPSA) is 68.3 Å². The van der Waals surface area contributed by atoms with Crippen LogP contribution in [0.1, 0.15) is 25.7 Å². The number of carbonyl (C=O) groups is 2. The third kappa shape index (κ3) is 5.99. The lowest BCUT2D eigenvalue weighted by Crippen LogP contribution is -2.52. The molecule has 3 aliphatic heterocycles. The van der Waals surface area contributed by atoms with E-state index in [9.17, 15) is 9.59 Å². The Morgan fingerprint density at radius 3 is 2.48 bits per heavy atom. The molecule has 2 amide bonds. The summed E-state index contributed by atoms with van der Waals surface area (Å²) in [6.07, 6.45) is 2.58. The fraction of sp³-hybridized carbons (Fsp3) is 0.652. The summed E-state index contributed by atoms with van der Waals surface area (Å²) in [4.78, 5) is 29.9. The van der Waals surface area contributed by atoms with Crippen molar-refractivity contribution >= 4 is 27.7 Å². The van der Waals surface area contributed by atoms with Crippen LogP contribution in [-0.4, -0.2) is 80.3 Å². The molecule has 0 aromatic heterocycles. The van der Waals surface area contributed by atoms with E-state index in [0.717, 1.165) is 29.5 Å². The Bertz CT molecular complexity index is 764. The van der Waals surface area contributed by atoms with Crippen LogP contribution in [0.15, 0.2) is 28.7 Å². The molecule has 0 aliphatic carbocycles. The summed E-state index contributed by atoms with van der Waals surface area (Å²) in [7, 11) is 0. The summed E-state index contributed by atoms with van der Waals surface area (Å²) in [5, 5.41) is 0. The van der Waals surface area contributed by atoms with Gasteiger partial charge < -0.3 is 24.0 Å². The van der Waals surface area contributed by atoms with Gasteiger partial charge >= 0.3 is 0 Å². The number of halogens is 1. The van der Waals surface area contributed by atoms with Gasteiger partial charge in [-0.2, -0.15) is 0 Å². The van der Waals surface area contributed by atoms with Crippen LogP contribution in [0, 0.1) is 11.8 Å². The van der Waals surface area contributed by atoms with E-state index < -0.39 is 0 Å². The Morgan fingerprint density at radius 2 is 1.74 bits per heavy atom. The minimum absolute atomic E-state index is 0.0342. The third-order valence-corrected chi connectivity index (χ3v) is 6.92. The Hall–Kier alpha value is -1.64. The lowest BCUT2D eigenvalue weighted by atomic mass is 9.89. The first-order chi connectivity index (χ1) is 15.1. The quantitative estimate of drug-likeness (QED) is 0.629. The SMILES string of the molecule is O=C(C[C@H]1CN(C(=O)C2CCOCC2)CC[C@@H]1Oc1cccc(Br)c1)N1CCOCC1. The first-order valence-electron chi connectivity index (χ1n) is 11.2. The number of amides is 2. The minimum Gasteiger partial charge on any atom is -0.490 e. The molecule has 7 nitrogen and oxygen atoms in total. The predicted octanol–water partition coefficient (Wildman–Crippen LogP) is 2.72. The Morgan fingerprint density at radius 1 is 1.00 bits per heavy atom. The minimum atomic E-state index is -0.0990. The van der Waals surface area contributed by atoms with E-state index in [1.54, 1.807) is 0 Å². The molecule has 31 heavy (non-hydrogen) atoms. The molecule has 0 unspecified atom stereocenters. The molecule has 0 bridgehead atoms. The molecule has 3 aliphatic rings. The summed E-state index contributed by atoms with van der Waals surface area (Å²) >= 11 is 3.49. The number of benzene rings is 1. The molecule has 0 spiro atoms. The van der Waals surface area contributed by atoms with Crippen LogP contribution in [0.4, 0.5) is 0 Å². The monoisotopic (exact) mass is 494 g/mol. The standard InChI is InChI=1S/C23H31BrN2O5/c24-19-2-1-3-20(15-19)31-21-4-7-26(23(28)17-5-10-29-11-6-17)16-18(21)14-22(27)25-8-12-30-13-9-25/h1-3,15,17-18,21H,4-14,16H2/t18-,21-/m0/s1. The molecule has 170 valence electrons. The fourth-order valence-corrected chi connectivity index (χ4v) is 5.02. The second-order valence-corrected chi connectivity index (χ2v) is 9.45. The largest absolute Gasteiger partial charge is 0.490 e. The van der Waals surface area contributed by atoms with Crippen molar-refractivity contribution in [3.05, 3.63) is 28.7 Å². The first kappa shape index (κ1) is 22.6. The van der Waals surface area contributed by atoms with E-state index >= 15 is 0 Å². The van der Waals surface area contributed by atoms with Crippen LogP contribution in [0.5, 0.6) is 5.75 Å². The molecular formula is C23H31BrN2O5. The summed E-state index contributed by atoms with van der Waals surface area (Å²) in [5.74, 6) is 1.11. The molecule has 3 fully saturated rings. The van der Waals surface area contributed by atoms with Gasteiger partial charge in [-0.25, -0.2) is 0 Å². The van der Waals surface area contributed by atoms with Crippen LogP contribution < -0.4 is 4.74 Å². The molecule has 8 heteroatoms. The second-order valence-electron chi connectivity index (χ2n) is 8.53. The molecule has 1 aromatic carbocycles. The lowest BCUT2D eigenvalue weighted by molar-refractivity contribution is -0.145. The fourth-order valence-electron chi connectivity index (χ4n) is 4.65. The zero-order chi connectivity index (χ0) is 21.6. The molecule has 0 radical (unpaired) electrons. The van der Waals surface area contributed by atoms with Crippen molar-refractivity contribution in [1.29, 1.82) is 0 Å². The zero-order valence-electron chi connectivity index (χ0n) is 17.8. The van der Waals surface area contributed by atoms with Crippen LogP contribution in [0.25, 0.3) is 0 Å². The van der Waals surface area contributed by atoms with Crippen molar-refractivity contribution in [3.63, 3.8) is 0 Å². The van der Waals surface area contributed by atoms with Crippen LogP contribution >= 0.6 is 15.9 Å². The summed E-state index contributed by atoms with van der Waals surface area (Å²) in [6, 6.07) is 7.78. The van der Waals surface area contributed by atoms with E-state index in [1.165, 1.54) is 0 Å².